The van der Waals surface area contributed by atoms with Crippen molar-refractivity contribution in [1.29, 1.82) is 0 Å². The number of para-hydroxylation sites is 1. The van der Waals surface area contributed by atoms with Gasteiger partial charge in [-0.15, -0.1) is 0 Å². The Morgan fingerprint density at radius 3 is 2.41 bits per heavy atom. The van der Waals surface area contributed by atoms with E-state index in [1.807, 2.05) is 32.0 Å². The van der Waals surface area contributed by atoms with Gasteiger partial charge in [0.25, 0.3) is 0 Å². The van der Waals surface area contributed by atoms with E-state index in [1.165, 1.54) is 0 Å². The monoisotopic (exact) mass is 234 g/mol. The van der Waals surface area contributed by atoms with E-state index < -0.39 is 0 Å². The maximum atomic E-state index is 12.0. The number of nitrogens with two attached hydrogens (primary N) is 1. The Morgan fingerprint density at radius 2 is 1.94 bits per heavy atom. The summed E-state index contributed by atoms with van der Waals surface area (Å²) in [7, 11) is 0. The predicted molar refractivity (Wildman–Crippen MR) is 72.0 cm³/mol. The van der Waals surface area contributed by atoms with Crippen LogP contribution in [0.15, 0.2) is 18.2 Å². The molecule has 0 aliphatic heterocycles. The van der Waals surface area contributed by atoms with Gasteiger partial charge in [-0.3, -0.25) is 4.79 Å². The Balaban J connectivity index is 2.80. The molecule has 17 heavy (non-hydrogen) atoms. The molecule has 94 valence electrons. The zero-order valence-electron chi connectivity index (χ0n) is 10.9. The van der Waals surface area contributed by atoms with Crippen LogP contribution in [0.5, 0.6) is 0 Å². The number of benzene rings is 1. The molecule has 3 N–H and O–H groups in total. The van der Waals surface area contributed by atoms with Gasteiger partial charge < -0.3 is 11.1 Å². The fourth-order valence-electron chi connectivity index (χ4n) is 1.94. The smallest absolute Gasteiger partial charge is 0.228 e. The number of carbonyl (C=O) groups excluding carboxylic acids is 1. The lowest BCUT2D eigenvalue weighted by Crippen LogP contribution is -2.29. The third-order valence-corrected chi connectivity index (χ3v) is 3.02. The molecule has 0 fully saturated rings. The molecule has 1 aromatic carbocycles. The Kier molecular flexibility index (Phi) is 5.16. The van der Waals surface area contributed by atoms with Gasteiger partial charge >= 0.3 is 0 Å². The fourth-order valence-corrected chi connectivity index (χ4v) is 1.94. The molecule has 0 bridgehead atoms. The van der Waals surface area contributed by atoms with Crippen molar-refractivity contribution >= 4 is 11.6 Å². The van der Waals surface area contributed by atoms with Crippen LogP contribution in [0.3, 0.4) is 0 Å². The second kappa shape index (κ2) is 6.40. The molecule has 0 spiro atoms. The Morgan fingerprint density at radius 1 is 1.35 bits per heavy atom. The molecular weight excluding hydrogens is 212 g/mol. The standard InChI is InChI=1S/C14H22N2O/c1-4-6-12(9-15)14(17)16-13-10(2)7-5-8-11(13)3/h5,7-8,12H,4,6,9,15H2,1-3H3,(H,16,17). The lowest BCUT2D eigenvalue weighted by Gasteiger charge is -2.16. The van der Waals surface area contributed by atoms with Crippen LogP contribution in [0, 0.1) is 19.8 Å². The maximum Gasteiger partial charge on any atom is 0.228 e. The third-order valence-electron chi connectivity index (χ3n) is 3.02. The van der Waals surface area contributed by atoms with Gasteiger partial charge in [0, 0.05) is 12.2 Å². The van der Waals surface area contributed by atoms with Crippen LogP contribution in [0.4, 0.5) is 5.69 Å². The van der Waals surface area contributed by atoms with E-state index in [0.29, 0.717) is 6.54 Å². The van der Waals surface area contributed by atoms with Gasteiger partial charge in [0.1, 0.15) is 0 Å². The van der Waals surface area contributed by atoms with E-state index in [2.05, 4.69) is 12.2 Å². The Hall–Kier alpha value is -1.35. The van der Waals surface area contributed by atoms with E-state index >= 15 is 0 Å². The maximum absolute atomic E-state index is 12.0. The molecule has 0 aliphatic carbocycles. The van der Waals surface area contributed by atoms with Gasteiger partial charge in [-0.25, -0.2) is 0 Å². The molecule has 0 aliphatic rings. The Bertz CT molecular complexity index is 368. The van der Waals surface area contributed by atoms with Crippen LogP contribution in [0.1, 0.15) is 30.9 Å². The van der Waals surface area contributed by atoms with Crippen molar-refractivity contribution < 1.29 is 4.79 Å². The van der Waals surface area contributed by atoms with Crippen LogP contribution < -0.4 is 11.1 Å². The van der Waals surface area contributed by atoms with Crippen LogP contribution >= 0.6 is 0 Å². The van der Waals surface area contributed by atoms with E-state index in [9.17, 15) is 4.79 Å². The fraction of sp³-hybridized carbons (Fsp3) is 0.500. The first-order valence-electron chi connectivity index (χ1n) is 6.17. The van der Waals surface area contributed by atoms with Crippen LogP contribution in [-0.4, -0.2) is 12.5 Å². The van der Waals surface area contributed by atoms with Crippen molar-refractivity contribution in [1.82, 2.24) is 0 Å². The van der Waals surface area contributed by atoms with Gasteiger partial charge in [0.05, 0.1) is 5.92 Å². The average Bonchev–Trinajstić information content (AvgIpc) is 2.30. The molecule has 1 rings (SSSR count). The van der Waals surface area contributed by atoms with Crippen molar-refractivity contribution in [3.8, 4) is 0 Å². The lowest BCUT2D eigenvalue weighted by molar-refractivity contribution is -0.119. The molecule has 3 heteroatoms. The van der Waals surface area contributed by atoms with Gasteiger partial charge in [0.15, 0.2) is 0 Å². The molecular formula is C14H22N2O. The molecule has 0 radical (unpaired) electrons. The number of nitrogens with one attached hydrogen (secondary N) is 1. The number of hydrogen-bond acceptors (Lipinski definition) is 2. The summed E-state index contributed by atoms with van der Waals surface area (Å²) in [5, 5.41) is 3.00. The quantitative estimate of drug-likeness (QED) is 0.822. The molecule has 0 aromatic heterocycles. The number of anilines is 1. The zero-order chi connectivity index (χ0) is 12.8. The summed E-state index contributed by atoms with van der Waals surface area (Å²) in [6.45, 7) is 6.47. The minimum atomic E-state index is -0.0843. The highest BCUT2D eigenvalue weighted by Gasteiger charge is 2.17. The third kappa shape index (κ3) is 3.56. The SMILES string of the molecule is CCCC(CN)C(=O)Nc1c(C)cccc1C. The molecule has 1 unspecified atom stereocenters. The first-order valence-corrected chi connectivity index (χ1v) is 6.17. The topological polar surface area (TPSA) is 55.1 Å². The van der Waals surface area contributed by atoms with E-state index in [0.717, 1.165) is 29.7 Å². The second-order valence-corrected chi connectivity index (χ2v) is 4.48. The van der Waals surface area contributed by atoms with E-state index in [-0.39, 0.29) is 11.8 Å². The zero-order valence-corrected chi connectivity index (χ0v) is 10.9. The highest BCUT2D eigenvalue weighted by Crippen LogP contribution is 2.20. The van der Waals surface area contributed by atoms with Gasteiger partial charge in [-0.05, 0) is 31.4 Å². The largest absolute Gasteiger partial charge is 0.330 e. The molecule has 0 heterocycles. The molecule has 0 saturated heterocycles. The summed E-state index contributed by atoms with van der Waals surface area (Å²) >= 11 is 0. The first kappa shape index (κ1) is 13.7. The van der Waals surface area contributed by atoms with Crippen molar-refractivity contribution in [3.63, 3.8) is 0 Å². The summed E-state index contributed by atoms with van der Waals surface area (Å²) in [4.78, 5) is 12.0. The van der Waals surface area contributed by atoms with Crippen molar-refractivity contribution in [3.05, 3.63) is 29.3 Å². The van der Waals surface area contributed by atoms with Crippen molar-refractivity contribution in [2.45, 2.75) is 33.6 Å². The number of aryl methyl sites for hydroxylation is 2. The van der Waals surface area contributed by atoms with Crippen LogP contribution in [0.2, 0.25) is 0 Å². The first-order chi connectivity index (χ1) is 8.10. The van der Waals surface area contributed by atoms with Gasteiger partial charge in [0.2, 0.25) is 5.91 Å². The minimum Gasteiger partial charge on any atom is -0.330 e. The predicted octanol–water partition coefficient (Wildman–Crippen LogP) is 2.62. The molecule has 1 atom stereocenters. The Labute approximate surface area is 103 Å². The number of amides is 1. The van der Waals surface area contributed by atoms with E-state index in [4.69, 9.17) is 5.73 Å². The summed E-state index contributed by atoms with van der Waals surface area (Å²) < 4.78 is 0. The number of hydrogen-bond donors (Lipinski definition) is 2. The summed E-state index contributed by atoms with van der Waals surface area (Å²) in [5.74, 6) is -0.0502. The number of rotatable bonds is 5. The molecule has 1 aromatic rings. The van der Waals surface area contributed by atoms with Crippen molar-refractivity contribution in [2.24, 2.45) is 11.7 Å². The summed E-state index contributed by atoms with van der Waals surface area (Å²) in [5.41, 5.74) is 8.73. The molecule has 1 amide bonds. The number of carbonyl (C=O) groups is 1. The highest BCUT2D eigenvalue weighted by molar-refractivity contribution is 5.94. The van der Waals surface area contributed by atoms with Crippen LogP contribution in [-0.2, 0) is 4.79 Å². The lowest BCUT2D eigenvalue weighted by atomic mass is 10.0. The normalized spacial score (nSPS) is 12.2. The van der Waals surface area contributed by atoms with Gasteiger partial charge in [-0.1, -0.05) is 31.5 Å². The van der Waals surface area contributed by atoms with Crippen LogP contribution in [0.25, 0.3) is 0 Å². The molecule has 0 saturated carbocycles. The minimum absolute atomic E-state index is 0.0340. The second-order valence-electron chi connectivity index (χ2n) is 4.48. The average molecular weight is 234 g/mol. The summed E-state index contributed by atoms with van der Waals surface area (Å²) in [6, 6.07) is 5.99. The van der Waals surface area contributed by atoms with Crippen molar-refractivity contribution in [2.75, 3.05) is 11.9 Å². The van der Waals surface area contributed by atoms with E-state index in [1.54, 1.807) is 0 Å². The molecule has 3 nitrogen and oxygen atoms in total. The van der Waals surface area contributed by atoms with Gasteiger partial charge in [-0.2, -0.15) is 0 Å². The summed E-state index contributed by atoms with van der Waals surface area (Å²) in [6.07, 6.45) is 1.81. The highest BCUT2D eigenvalue weighted by atomic mass is 16.1.